The molecule has 2 aromatic heterocycles. The van der Waals surface area contributed by atoms with Crippen molar-refractivity contribution in [3.8, 4) is 11.4 Å². The van der Waals surface area contributed by atoms with Gasteiger partial charge >= 0.3 is 5.97 Å². The third-order valence-corrected chi connectivity index (χ3v) is 5.19. The molecule has 3 rings (SSSR count). The Balaban J connectivity index is 1.82. The smallest absolute Gasteiger partial charge is 0.338 e. The van der Waals surface area contributed by atoms with Crippen LogP contribution in [-0.4, -0.2) is 29.5 Å². The van der Waals surface area contributed by atoms with Gasteiger partial charge in [0.05, 0.1) is 10.5 Å². The number of hydrogen-bond acceptors (Lipinski definition) is 8. The maximum atomic E-state index is 12.5. The Morgan fingerprint density at radius 3 is 2.68 bits per heavy atom. The highest BCUT2D eigenvalue weighted by atomic mass is 32.2. The Labute approximate surface area is 161 Å². The highest BCUT2D eigenvalue weighted by Gasteiger charge is 2.23. The fourth-order valence-corrected chi connectivity index (χ4v) is 3.41. The first-order valence-electron chi connectivity index (χ1n) is 8.26. The van der Waals surface area contributed by atoms with Crippen LogP contribution in [0, 0.1) is 13.8 Å². The molecule has 0 saturated heterocycles. The zero-order chi connectivity index (χ0) is 20.5. The van der Waals surface area contributed by atoms with E-state index in [1.165, 1.54) is 12.1 Å². The van der Waals surface area contributed by atoms with Crippen molar-refractivity contribution in [2.45, 2.75) is 31.8 Å². The first-order valence-corrected chi connectivity index (χ1v) is 9.80. The molecule has 0 spiro atoms. The summed E-state index contributed by atoms with van der Waals surface area (Å²) in [5, 5.41) is 9.07. The molecule has 1 unspecified atom stereocenters. The van der Waals surface area contributed by atoms with Gasteiger partial charge in [-0.2, -0.15) is 4.98 Å². The number of carbonyl (C=O) groups excluding carboxylic acids is 1. The molecule has 0 saturated carbocycles. The number of nitrogens with zero attached hydrogens (tertiary/aromatic N) is 3. The van der Waals surface area contributed by atoms with Crippen molar-refractivity contribution >= 4 is 16.0 Å². The molecule has 0 fully saturated rings. The third-order valence-electron chi connectivity index (χ3n) is 4.15. The zero-order valence-electron chi connectivity index (χ0n) is 15.4. The van der Waals surface area contributed by atoms with Gasteiger partial charge in [0.15, 0.2) is 6.10 Å². The Kier molecular flexibility index (Phi) is 5.25. The molecule has 1 aromatic carbocycles. The molecule has 10 heteroatoms. The highest BCUT2D eigenvalue weighted by Crippen LogP contribution is 2.24. The second kappa shape index (κ2) is 7.49. The van der Waals surface area contributed by atoms with Gasteiger partial charge in [-0.1, -0.05) is 5.16 Å². The van der Waals surface area contributed by atoms with E-state index in [0.29, 0.717) is 22.5 Å². The van der Waals surface area contributed by atoms with Gasteiger partial charge in [0.2, 0.25) is 15.8 Å². The minimum absolute atomic E-state index is 0.0611. The van der Waals surface area contributed by atoms with Gasteiger partial charge in [-0.15, -0.1) is 0 Å². The number of esters is 1. The molecule has 0 amide bonds. The number of nitrogens with two attached hydrogens (primary N) is 1. The molecule has 146 valence electrons. The Hall–Kier alpha value is -3.11. The summed E-state index contributed by atoms with van der Waals surface area (Å²) in [6, 6.07) is 6.23. The van der Waals surface area contributed by atoms with E-state index in [2.05, 4.69) is 15.1 Å². The molecule has 1 atom stereocenters. The summed E-state index contributed by atoms with van der Waals surface area (Å²) in [5.41, 5.74) is 1.79. The number of rotatable bonds is 5. The van der Waals surface area contributed by atoms with Crippen LogP contribution in [0.15, 0.2) is 46.1 Å². The minimum Gasteiger partial charge on any atom is -0.449 e. The van der Waals surface area contributed by atoms with Crippen LogP contribution in [0.25, 0.3) is 11.4 Å². The molecule has 9 nitrogen and oxygen atoms in total. The summed E-state index contributed by atoms with van der Waals surface area (Å²) in [5.74, 6) is -0.321. The third kappa shape index (κ3) is 4.07. The second-order valence-corrected chi connectivity index (χ2v) is 7.74. The van der Waals surface area contributed by atoms with Crippen molar-refractivity contribution in [2.75, 3.05) is 0 Å². The molecule has 0 radical (unpaired) electrons. The number of aromatic nitrogens is 3. The summed E-state index contributed by atoms with van der Waals surface area (Å²) in [4.78, 5) is 20.6. The van der Waals surface area contributed by atoms with E-state index in [1.807, 2.05) is 0 Å². The Morgan fingerprint density at radius 1 is 1.29 bits per heavy atom. The van der Waals surface area contributed by atoms with Crippen LogP contribution in [0.1, 0.15) is 40.4 Å². The van der Waals surface area contributed by atoms with Gasteiger partial charge in [0, 0.05) is 18.0 Å². The lowest BCUT2D eigenvalue weighted by Gasteiger charge is -2.12. The van der Waals surface area contributed by atoms with Crippen molar-refractivity contribution in [3.05, 3.63) is 59.2 Å². The lowest BCUT2D eigenvalue weighted by molar-refractivity contribution is 0.0265. The van der Waals surface area contributed by atoms with Crippen LogP contribution in [0.5, 0.6) is 0 Å². The number of carbonyl (C=O) groups is 1. The summed E-state index contributed by atoms with van der Waals surface area (Å²) < 4.78 is 34.0. The number of ether oxygens (including phenoxy) is 1. The largest absolute Gasteiger partial charge is 0.449 e. The van der Waals surface area contributed by atoms with Crippen LogP contribution < -0.4 is 5.14 Å². The normalized spacial score (nSPS) is 12.6. The van der Waals surface area contributed by atoms with E-state index in [-0.39, 0.29) is 16.3 Å². The number of aryl methyl sites for hydroxylation is 1. The minimum atomic E-state index is -3.97. The van der Waals surface area contributed by atoms with E-state index >= 15 is 0 Å². The highest BCUT2D eigenvalue weighted by molar-refractivity contribution is 7.89. The molecule has 0 aliphatic rings. The first kappa shape index (κ1) is 19.6. The van der Waals surface area contributed by atoms with Crippen molar-refractivity contribution in [1.29, 1.82) is 0 Å². The van der Waals surface area contributed by atoms with Crippen molar-refractivity contribution in [3.63, 3.8) is 0 Å². The number of hydrogen-bond donors (Lipinski definition) is 1. The lowest BCUT2D eigenvalue weighted by Crippen LogP contribution is -2.16. The Bertz CT molecular complexity index is 1130. The predicted octanol–water partition coefficient (Wildman–Crippen LogP) is 2.31. The molecular formula is C18H18N4O5S. The van der Waals surface area contributed by atoms with Crippen LogP contribution in [0.4, 0.5) is 0 Å². The number of sulfonamides is 1. The molecule has 2 heterocycles. The summed E-state index contributed by atoms with van der Waals surface area (Å²) >= 11 is 0. The average Bonchev–Trinajstić information content (AvgIpc) is 3.14. The Morgan fingerprint density at radius 2 is 2.04 bits per heavy atom. The molecule has 28 heavy (non-hydrogen) atoms. The van der Waals surface area contributed by atoms with E-state index in [1.54, 1.807) is 45.3 Å². The quantitative estimate of drug-likeness (QED) is 0.642. The van der Waals surface area contributed by atoms with Gasteiger partial charge < -0.3 is 9.26 Å². The van der Waals surface area contributed by atoms with E-state index in [0.717, 1.165) is 0 Å². The lowest BCUT2D eigenvalue weighted by atomic mass is 10.1. The van der Waals surface area contributed by atoms with E-state index < -0.39 is 22.1 Å². The predicted molar refractivity (Wildman–Crippen MR) is 98.6 cm³/mol. The summed E-state index contributed by atoms with van der Waals surface area (Å²) in [6.07, 6.45) is 2.36. The van der Waals surface area contributed by atoms with Gasteiger partial charge in [0.25, 0.3) is 5.89 Å². The fraction of sp³-hybridized carbons (Fsp3) is 0.222. The van der Waals surface area contributed by atoms with Crippen LogP contribution in [0.2, 0.25) is 0 Å². The standard InChI is InChI=1S/C18H18N4O5S/c1-10-7-14(8-15(11(10)2)28(19,24)25)18(23)26-12(3)17-21-16(22-27-17)13-5-4-6-20-9-13/h4-9,12H,1-3H3,(H2,19,24,25). The van der Waals surface area contributed by atoms with Crippen molar-refractivity contribution in [1.82, 2.24) is 15.1 Å². The number of benzene rings is 1. The monoisotopic (exact) mass is 402 g/mol. The van der Waals surface area contributed by atoms with Crippen molar-refractivity contribution in [2.24, 2.45) is 5.14 Å². The fourth-order valence-electron chi connectivity index (χ4n) is 2.53. The first-order chi connectivity index (χ1) is 13.2. The number of primary sulfonamides is 1. The molecule has 0 aliphatic carbocycles. The van der Waals surface area contributed by atoms with Crippen LogP contribution in [-0.2, 0) is 14.8 Å². The van der Waals surface area contributed by atoms with Gasteiger partial charge in [0.1, 0.15) is 0 Å². The van der Waals surface area contributed by atoms with E-state index in [4.69, 9.17) is 14.4 Å². The molecular weight excluding hydrogens is 384 g/mol. The van der Waals surface area contributed by atoms with Gasteiger partial charge in [-0.05, 0) is 56.2 Å². The molecule has 0 aliphatic heterocycles. The SMILES string of the molecule is Cc1cc(C(=O)OC(C)c2nc(-c3cccnc3)no2)cc(S(N)(=O)=O)c1C. The topological polar surface area (TPSA) is 138 Å². The average molecular weight is 402 g/mol. The maximum Gasteiger partial charge on any atom is 0.338 e. The molecule has 0 bridgehead atoms. The van der Waals surface area contributed by atoms with Crippen molar-refractivity contribution < 1.29 is 22.5 Å². The number of pyridine rings is 1. The second-order valence-electron chi connectivity index (χ2n) is 6.21. The van der Waals surface area contributed by atoms with Crippen LogP contribution >= 0.6 is 0 Å². The molecule has 2 N–H and O–H groups in total. The summed E-state index contributed by atoms with van der Waals surface area (Å²) in [6.45, 7) is 4.87. The van der Waals surface area contributed by atoms with E-state index in [9.17, 15) is 13.2 Å². The molecule has 3 aromatic rings. The van der Waals surface area contributed by atoms with Gasteiger partial charge in [-0.3, -0.25) is 4.98 Å². The zero-order valence-corrected chi connectivity index (χ0v) is 16.2. The van der Waals surface area contributed by atoms with Gasteiger partial charge in [-0.25, -0.2) is 18.4 Å². The van der Waals surface area contributed by atoms with Crippen LogP contribution in [0.3, 0.4) is 0 Å². The summed E-state index contributed by atoms with van der Waals surface area (Å²) in [7, 11) is -3.97. The maximum absolute atomic E-state index is 12.5.